The van der Waals surface area contributed by atoms with Crippen molar-refractivity contribution >= 4 is 12.1 Å². The van der Waals surface area contributed by atoms with Gasteiger partial charge in [0, 0.05) is 5.56 Å². The molecular weight excluding hydrogens is 388 g/mol. The number of amides is 1. The van der Waals surface area contributed by atoms with Crippen molar-refractivity contribution in [3.63, 3.8) is 0 Å². The average molecular weight is 410 g/mol. The zero-order chi connectivity index (χ0) is 21.5. The Labute approximate surface area is 180 Å². The molecule has 4 aromatic rings. The van der Waals surface area contributed by atoms with E-state index in [-0.39, 0.29) is 5.91 Å². The summed E-state index contributed by atoms with van der Waals surface area (Å²) in [4.78, 5) is 12.3. The summed E-state index contributed by atoms with van der Waals surface area (Å²) < 4.78 is 5.84. The van der Waals surface area contributed by atoms with E-state index >= 15 is 0 Å². The van der Waals surface area contributed by atoms with Crippen LogP contribution in [-0.2, 0) is 6.61 Å². The van der Waals surface area contributed by atoms with Crippen LogP contribution in [0.2, 0.25) is 0 Å². The third kappa shape index (κ3) is 5.45. The number of hydrogen-bond acceptors (Lipinski definition) is 4. The first-order valence-corrected chi connectivity index (χ1v) is 9.90. The number of nitrogens with one attached hydrogen (secondary N) is 2. The van der Waals surface area contributed by atoms with Crippen LogP contribution in [0, 0.1) is 6.92 Å². The zero-order valence-corrected chi connectivity index (χ0v) is 17.1. The molecule has 1 aromatic heterocycles. The Balaban J connectivity index is 1.34. The smallest absolute Gasteiger partial charge is 0.289 e. The van der Waals surface area contributed by atoms with Crippen molar-refractivity contribution in [2.24, 2.45) is 5.10 Å². The van der Waals surface area contributed by atoms with E-state index in [1.54, 1.807) is 12.3 Å². The first-order valence-electron chi connectivity index (χ1n) is 9.90. The molecule has 0 aliphatic rings. The highest BCUT2D eigenvalue weighted by molar-refractivity contribution is 5.94. The highest BCUT2D eigenvalue weighted by Crippen LogP contribution is 2.22. The number of aromatic nitrogens is 2. The maximum Gasteiger partial charge on any atom is 0.289 e. The first kappa shape index (κ1) is 20.1. The van der Waals surface area contributed by atoms with Gasteiger partial charge < -0.3 is 4.74 Å². The molecule has 1 heterocycles. The Morgan fingerprint density at radius 1 is 1.03 bits per heavy atom. The maximum atomic E-state index is 12.3. The van der Waals surface area contributed by atoms with Gasteiger partial charge in [0.2, 0.25) is 0 Å². The van der Waals surface area contributed by atoms with Gasteiger partial charge in [-0.15, -0.1) is 0 Å². The molecule has 0 radical (unpaired) electrons. The molecule has 154 valence electrons. The number of benzene rings is 3. The maximum absolute atomic E-state index is 12.3. The van der Waals surface area contributed by atoms with Crippen molar-refractivity contribution in [2.75, 3.05) is 0 Å². The molecule has 0 saturated carbocycles. The number of ether oxygens (including phenoxy) is 1. The Morgan fingerprint density at radius 2 is 1.77 bits per heavy atom. The number of hydrogen-bond donors (Lipinski definition) is 2. The van der Waals surface area contributed by atoms with Crippen LogP contribution in [0.1, 0.15) is 27.2 Å². The van der Waals surface area contributed by atoms with Crippen LogP contribution in [0.4, 0.5) is 0 Å². The molecule has 0 saturated heterocycles. The van der Waals surface area contributed by atoms with Gasteiger partial charge in [0.1, 0.15) is 18.1 Å². The molecular formula is C25H22N4O2. The Bertz CT molecular complexity index is 1160. The second-order valence-electron chi connectivity index (χ2n) is 7.08. The number of carbonyl (C=O) groups excluding carboxylic acids is 1. The van der Waals surface area contributed by atoms with Crippen LogP contribution in [0.25, 0.3) is 11.3 Å². The molecule has 0 unspecified atom stereocenters. The Morgan fingerprint density at radius 3 is 2.52 bits per heavy atom. The van der Waals surface area contributed by atoms with Gasteiger partial charge >= 0.3 is 0 Å². The summed E-state index contributed by atoms with van der Waals surface area (Å²) in [5, 5.41) is 11.0. The van der Waals surface area contributed by atoms with Crippen LogP contribution >= 0.6 is 0 Å². The largest absolute Gasteiger partial charge is 0.489 e. The Kier molecular flexibility index (Phi) is 6.18. The molecule has 6 heteroatoms. The van der Waals surface area contributed by atoms with Crippen molar-refractivity contribution in [1.82, 2.24) is 15.6 Å². The van der Waals surface area contributed by atoms with Crippen LogP contribution in [0.5, 0.6) is 5.75 Å². The van der Waals surface area contributed by atoms with Crippen LogP contribution in [0.15, 0.2) is 90.0 Å². The molecule has 0 fully saturated rings. The minimum absolute atomic E-state index is 0.333. The van der Waals surface area contributed by atoms with Crippen LogP contribution < -0.4 is 10.2 Å². The molecule has 2 N–H and O–H groups in total. The summed E-state index contributed by atoms with van der Waals surface area (Å²) in [5.74, 6) is 0.414. The number of aromatic amines is 1. The molecule has 31 heavy (non-hydrogen) atoms. The van der Waals surface area contributed by atoms with Crippen LogP contribution in [0.3, 0.4) is 0 Å². The van der Waals surface area contributed by atoms with Gasteiger partial charge in [-0.3, -0.25) is 9.89 Å². The topological polar surface area (TPSA) is 79.4 Å². The fourth-order valence-electron chi connectivity index (χ4n) is 2.92. The lowest BCUT2D eigenvalue weighted by atomic mass is 10.1. The number of aryl methyl sites for hydroxylation is 1. The monoisotopic (exact) mass is 410 g/mol. The lowest BCUT2D eigenvalue weighted by Gasteiger charge is -2.07. The number of carbonyl (C=O) groups is 1. The lowest BCUT2D eigenvalue weighted by Crippen LogP contribution is -2.17. The van der Waals surface area contributed by atoms with E-state index in [4.69, 9.17) is 4.74 Å². The van der Waals surface area contributed by atoms with Gasteiger partial charge in [-0.25, -0.2) is 5.43 Å². The minimum Gasteiger partial charge on any atom is -0.489 e. The van der Waals surface area contributed by atoms with E-state index in [2.05, 4.69) is 51.9 Å². The number of hydrazone groups is 1. The summed E-state index contributed by atoms with van der Waals surface area (Å²) in [6.45, 7) is 2.57. The van der Waals surface area contributed by atoms with Gasteiger partial charge in [0.25, 0.3) is 5.91 Å². The van der Waals surface area contributed by atoms with Crippen LogP contribution in [-0.4, -0.2) is 22.3 Å². The number of nitrogens with zero attached hydrogens (tertiary/aromatic N) is 2. The predicted molar refractivity (Wildman–Crippen MR) is 121 cm³/mol. The summed E-state index contributed by atoms with van der Waals surface area (Å²) in [7, 11) is 0. The van der Waals surface area contributed by atoms with Crippen molar-refractivity contribution in [3.05, 3.63) is 107 Å². The first-order chi connectivity index (χ1) is 15.2. The minimum atomic E-state index is -0.357. The molecule has 0 aliphatic carbocycles. The fourth-order valence-corrected chi connectivity index (χ4v) is 2.92. The predicted octanol–water partition coefficient (Wildman–Crippen LogP) is 4.73. The van der Waals surface area contributed by atoms with E-state index in [0.29, 0.717) is 18.0 Å². The van der Waals surface area contributed by atoms with Gasteiger partial charge in [-0.2, -0.15) is 10.2 Å². The molecule has 0 bridgehead atoms. The van der Waals surface area contributed by atoms with Gasteiger partial charge in [-0.05, 0) is 48.4 Å². The molecule has 3 aromatic carbocycles. The summed E-state index contributed by atoms with van der Waals surface area (Å²) >= 11 is 0. The van der Waals surface area contributed by atoms with E-state index in [1.165, 1.54) is 5.56 Å². The van der Waals surface area contributed by atoms with Crippen molar-refractivity contribution in [3.8, 4) is 17.0 Å². The molecule has 0 aliphatic heterocycles. The quantitative estimate of drug-likeness (QED) is 0.342. The Hall–Kier alpha value is -4.19. The molecule has 0 spiro atoms. The summed E-state index contributed by atoms with van der Waals surface area (Å²) in [5.41, 5.74) is 7.62. The van der Waals surface area contributed by atoms with Gasteiger partial charge in [0.15, 0.2) is 0 Å². The SMILES string of the molecule is Cc1ccc(COc2ccc(-c3cc(C(=O)N/N=C\c4ccccc4)[nH]n3)cc2)cc1. The normalized spacial score (nSPS) is 10.9. The number of H-pyrrole nitrogens is 1. The standard InChI is InChI=1S/C25H22N4O2/c1-18-7-9-20(10-8-18)17-31-22-13-11-21(12-14-22)23-15-24(28-27-23)25(30)29-26-16-19-5-3-2-4-6-19/h2-16H,17H2,1H3,(H,27,28)(H,29,30)/b26-16-. The van der Waals surface area contributed by atoms with Gasteiger partial charge in [-0.1, -0.05) is 60.2 Å². The fraction of sp³-hybridized carbons (Fsp3) is 0.0800. The van der Waals surface area contributed by atoms with Crippen molar-refractivity contribution in [1.29, 1.82) is 0 Å². The summed E-state index contributed by atoms with van der Waals surface area (Å²) in [6.07, 6.45) is 1.59. The van der Waals surface area contributed by atoms with E-state index in [1.807, 2.05) is 54.6 Å². The third-order valence-corrected chi connectivity index (χ3v) is 4.68. The molecule has 4 rings (SSSR count). The molecule has 1 amide bonds. The van der Waals surface area contributed by atoms with Crippen molar-refractivity contribution < 1.29 is 9.53 Å². The molecule has 6 nitrogen and oxygen atoms in total. The number of rotatable bonds is 7. The third-order valence-electron chi connectivity index (χ3n) is 4.68. The second-order valence-corrected chi connectivity index (χ2v) is 7.08. The van der Waals surface area contributed by atoms with E-state index < -0.39 is 0 Å². The zero-order valence-electron chi connectivity index (χ0n) is 17.1. The lowest BCUT2D eigenvalue weighted by molar-refractivity contribution is 0.0950. The second kappa shape index (κ2) is 9.54. The highest BCUT2D eigenvalue weighted by atomic mass is 16.5. The van der Waals surface area contributed by atoms with Crippen molar-refractivity contribution in [2.45, 2.75) is 13.5 Å². The highest BCUT2D eigenvalue weighted by Gasteiger charge is 2.10. The average Bonchev–Trinajstić information content (AvgIpc) is 3.30. The summed E-state index contributed by atoms with van der Waals surface area (Å²) in [6, 6.07) is 27.1. The van der Waals surface area contributed by atoms with E-state index in [0.717, 1.165) is 22.4 Å². The molecule has 0 atom stereocenters. The van der Waals surface area contributed by atoms with E-state index in [9.17, 15) is 4.79 Å². The van der Waals surface area contributed by atoms with Gasteiger partial charge in [0.05, 0.1) is 11.9 Å².